The molecule has 2 aromatic carbocycles. The number of esters is 1. The van der Waals surface area contributed by atoms with E-state index in [-0.39, 0.29) is 28.7 Å². The Morgan fingerprint density at radius 1 is 1.17 bits per heavy atom. The Hall–Kier alpha value is -3.09. The predicted molar refractivity (Wildman–Crippen MR) is 109 cm³/mol. The number of anilines is 2. The van der Waals surface area contributed by atoms with Crippen LogP contribution in [0.25, 0.3) is 10.9 Å². The molecule has 1 heterocycles. The second-order valence-electron chi connectivity index (χ2n) is 7.75. The van der Waals surface area contributed by atoms with Crippen LogP contribution in [0.1, 0.15) is 54.1 Å². The average molecular weight is 414 g/mol. The Balaban J connectivity index is 1.92. The summed E-state index contributed by atoms with van der Waals surface area (Å²) >= 11 is 0. The second kappa shape index (κ2) is 7.63. The first-order valence-electron chi connectivity index (χ1n) is 9.81. The quantitative estimate of drug-likeness (QED) is 0.488. The largest absolute Gasteiger partial charge is 0.459 e. The molecule has 3 aromatic rings. The lowest BCUT2D eigenvalue weighted by atomic mass is 9.93. The maximum absolute atomic E-state index is 13.6. The van der Waals surface area contributed by atoms with E-state index >= 15 is 0 Å². The van der Waals surface area contributed by atoms with Gasteiger partial charge in [-0.15, -0.1) is 0 Å². The third-order valence-corrected chi connectivity index (χ3v) is 5.03. The minimum absolute atomic E-state index is 0.100. The van der Waals surface area contributed by atoms with Crippen LogP contribution >= 0.6 is 0 Å². The number of carbonyl (C=O) groups is 1. The summed E-state index contributed by atoms with van der Waals surface area (Å²) in [4.78, 5) is 16.9. The lowest BCUT2D eigenvalue weighted by molar-refractivity contribution is -0.138. The van der Waals surface area contributed by atoms with Crippen LogP contribution < -0.4 is 5.32 Å². The number of hydrogen-bond donors (Lipinski definition) is 1. The molecule has 4 nitrogen and oxygen atoms in total. The molecule has 1 aliphatic rings. The number of ether oxygens (including phenoxy) is 1. The van der Waals surface area contributed by atoms with Gasteiger partial charge in [0, 0.05) is 17.3 Å². The normalized spacial score (nSPS) is 14.2. The van der Waals surface area contributed by atoms with Gasteiger partial charge < -0.3 is 10.1 Å². The molecule has 4 rings (SSSR count). The number of hydrogen-bond acceptors (Lipinski definition) is 4. The molecular weight excluding hydrogens is 393 g/mol. The van der Waals surface area contributed by atoms with Gasteiger partial charge in [0.1, 0.15) is 11.7 Å². The summed E-state index contributed by atoms with van der Waals surface area (Å²) in [6.45, 7) is 3.42. The van der Waals surface area contributed by atoms with E-state index in [1.807, 2.05) is 30.3 Å². The summed E-state index contributed by atoms with van der Waals surface area (Å²) in [5, 5.41) is 3.64. The summed E-state index contributed by atoms with van der Waals surface area (Å²) in [7, 11) is 0. The summed E-state index contributed by atoms with van der Waals surface area (Å²) in [6.07, 6.45) is -1.67. The number of aromatic nitrogens is 1. The van der Waals surface area contributed by atoms with E-state index in [0.29, 0.717) is 16.8 Å². The molecule has 0 unspecified atom stereocenters. The predicted octanol–water partition coefficient (Wildman–Crippen LogP) is 6.44. The lowest BCUT2D eigenvalue weighted by Crippen LogP contribution is -2.13. The number of para-hydroxylation sites is 1. The summed E-state index contributed by atoms with van der Waals surface area (Å²) in [5.74, 6) is -0.894. The van der Waals surface area contributed by atoms with Crippen molar-refractivity contribution in [3.8, 4) is 0 Å². The number of fused-ring (bicyclic) bond motifs is 1. The number of nitrogens with zero attached hydrogens (tertiary/aromatic N) is 1. The smallest absolute Gasteiger partial charge is 0.416 e. The Morgan fingerprint density at radius 3 is 2.47 bits per heavy atom. The summed E-state index contributed by atoms with van der Waals surface area (Å²) in [6, 6.07) is 11.7. The Morgan fingerprint density at radius 2 is 1.87 bits per heavy atom. The number of alkyl halides is 3. The van der Waals surface area contributed by atoms with Gasteiger partial charge in [-0.25, -0.2) is 4.79 Å². The first-order valence-corrected chi connectivity index (χ1v) is 9.81. The van der Waals surface area contributed by atoms with Crippen molar-refractivity contribution >= 4 is 28.2 Å². The monoisotopic (exact) mass is 414 g/mol. The maximum atomic E-state index is 13.6. The molecule has 0 bridgehead atoms. The SMILES string of the molecule is CC(C)c1cc2c(Nc3ccccc3)c(C(=O)OC3CC3)cnc2cc1C(F)(F)F. The zero-order valence-electron chi connectivity index (χ0n) is 16.6. The van der Waals surface area contributed by atoms with E-state index in [1.165, 1.54) is 12.3 Å². The van der Waals surface area contributed by atoms with Crippen LogP contribution in [-0.2, 0) is 10.9 Å². The van der Waals surface area contributed by atoms with Crippen molar-refractivity contribution in [3.05, 3.63) is 65.4 Å². The van der Waals surface area contributed by atoms with Crippen LogP contribution in [0.4, 0.5) is 24.5 Å². The van der Waals surface area contributed by atoms with Gasteiger partial charge in [0.25, 0.3) is 0 Å². The van der Waals surface area contributed by atoms with E-state index in [9.17, 15) is 18.0 Å². The van der Waals surface area contributed by atoms with Crippen LogP contribution in [0.5, 0.6) is 0 Å². The van der Waals surface area contributed by atoms with Gasteiger partial charge in [-0.3, -0.25) is 4.98 Å². The van der Waals surface area contributed by atoms with Crippen LogP contribution in [0, 0.1) is 0 Å². The second-order valence-corrected chi connectivity index (χ2v) is 7.75. The minimum Gasteiger partial charge on any atom is -0.459 e. The highest BCUT2D eigenvalue weighted by molar-refractivity contribution is 6.06. The third-order valence-electron chi connectivity index (χ3n) is 5.03. The fourth-order valence-corrected chi connectivity index (χ4v) is 3.33. The van der Waals surface area contributed by atoms with Crippen molar-refractivity contribution in [1.82, 2.24) is 4.98 Å². The zero-order valence-corrected chi connectivity index (χ0v) is 16.6. The van der Waals surface area contributed by atoms with Gasteiger partial charge in [0.05, 0.1) is 16.8 Å². The van der Waals surface area contributed by atoms with E-state index in [0.717, 1.165) is 18.9 Å². The van der Waals surface area contributed by atoms with Gasteiger partial charge in [-0.2, -0.15) is 13.2 Å². The van der Waals surface area contributed by atoms with Gasteiger partial charge >= 0.3 is 12.1 Å². The van der Waals surface area contributed by atoms with Gasteiger partial charge in [-0.05, 0) is 48.6 Å². The average Bonchev–Trinajstić information content (AvgIpc) is 3.51. The molecule has 0 aliphatic heterocycles. The van der Waals surface area contributed by atoms with E-state index < -0.39 is 17.7 Å². The Bertz CT molecular complexity index is 1090. The molecule has 1 aliphatic carbocycles. The van der Waals surface area contributed by atoms with E-state index in [2.05, 4.69) is 10.3 Å². The Kier molecular flexibility index (Phi) is 5.13. The molecule has 1 N–H and O–H groups in total. The topological polar surface area (TPSA) is 51.2 Å². The molecule has 0 amide bonds. The van der Waals surface area contributed by atoms with E-state index in [4.69, 9.17) is 4.74 Å². The van der Waals surface area contributed by atoms with Crippen molar-refractivity contribution in [1.29, 1.82) is 0 Å². The molecule has 1 saturated carbocycles. The number of halogens is 3. The van der Waals surface area contributed by atoms with Crippen molar-refractivity contribution < 1.29 is 22.7 Å². The van der Waals surface area contributed by atoms with Crippen LogP contribution in [-0.4, -0.2) is 17.1 Å². The van der Waals surface area contributed by atoms with Crippen LogP contribution in [0.2, 0.25) is 0 Å². The fraction of sp³-hybridized carbons (Fsp3) is 0.304. The molecule has 1 fully saturated rings. The molecule has 1 aromatic heterocycles. The number of nitrogens with one attached hydrogen (secondary N) is 1. The van der Waals surface area contributed by atoms with Crippen molar-refractivity contribution in [2.24, 2.45) is 0 Å². The van der Waals surface area contributed by atoms with Crippen molar-refractivity contribution in [2.75, 3.05) is 5.32 Å². The van der Waals surface area contributed by atoms with Gasteiger partial charge in [0.2, 0.25) is 0 Å². The highest BCUT2D eigenvalue weighted by atomic mass is 19.4. The molecule has 7 heteroatoms. The van der Waals surface area contributed by atoms with Crippen molar-refractivity contribution in [3.63, 3.8) is 0 Å². The van der Waals surface area contributed by atoms with Crippen LogP contribution in [0.3, 0.4) is 0 Å². The van der Waals surface area contributed by atoms with E-state index in [1.54, 1.807) is 13.8 Å². The first kappa shape index (κ1) is 20.2. The molecule has 156 valence electrons. The molecule has 0 radical (unpaired) electrons. The molecule has 0 spiro atoms. The lowest BCUT2D eigenvalue weighted by Gasteiger charge is -2.19. The molecule has 30 heavy (non-hydrogen) atoms. The number of rotatable bonds is 5. The highest BCUT2D eigenvalue weighted by Crippen LogP contribution is 2.40. The fourth-order valence-electron chi connectivity index (χ4n) is 3.33. The first-order chi connectivity index (χ1) is 14.2. The minimum atomic E-state index is -4.49. The highest BCUT2D eigenvalue weighted by Gasteiger charge is 2.35. The number of pyridine rings is 1. The molecule has 0 atom stereocenters. The molecule has 0 saturated heterocycles. The summed E-state index contributed by atoms with van der Waals surface area (Å²) in [5.41, 5.74) is 0.905. The maximum Gasteiger partial charge on any atom is 0.416 e. The van der Waals surface area contributed by atoms with Crippen molar-refractivity contribution in [2.45, 2.75) is 44.9 Å². The van der Waals surface area contributed by atoms with Crippen LogP contribution in [0.15, 0.2) is 48.7 Å². The number of benzene rings is 2. The Labute approximate surface area is 172 Å². The van der Waals surface area contributed by atoms with Gasteiger partial charge in [-0.1, -0.05) is 32.0 Å². The molecular formula is C23H21F3N2O2. The number of carbonyl (C=O) groups excluding carboxylic acids is 1. The standard InChI is InChI=1S/C23H21F3N2O2/c1-13(2)16-10-17-20(11-19(16)23(24,25)26)27-12-18(22(29)30-15-8-9-15)21(17)28-14-6-4-3-5-7-14/h3-7,10-13,15H,8-9H2,1-2H3,(H,27,28). The van der Waals surface area contributed by atoms with Gasteiger partial charge in [0.15, 0.2) is 0 Å². The third kappa shape index (κ3) is 4.10. The summed E-state index contributed by atoms with van der Waals surface area (Å²) < 4.78 is 46.3. The zero-order chi connectivity index (χ0) is 21.5.